The summed E-state index contributed by atoms with van der Waals surface area (Å²) in [6.45, 7) is 3.95. The Balaban J connectivity index is 1.51. The molecule has 1 saturated heterocycles. The van der Waals surface area contributed by atoms with Gasteiger partial charge in [-0.15, -0.1) is 0 Å². The molecule has 1 heterocycles. The van der Waals surface area contributed by atoms with E-state index in [0.29, 0.717) is 17.6 Å². The highest BCUT2D eigenvalue weighted by molar-refractivity contribution is 5.40. The van der Waals surface area contributed by atoms with E-state index >= 15 is 0 Å². The van der Waals surface area contributed by atoms with Crippen molar-refractivity contribution in [2.75, 3.05) is 13.2 Å². The van der Waals surface area contributed by atoms with Crippen LogP contribution in [-0.2, 0) is 15.9 Å². The SMILES string of the molecule is C[C@]12CC[C@H]3c4ccc(O)cc4CC[C@@H]3[C@H]1CCC21OCCO1. The van der Waals surface area contributed by atoms with Crippen molar-refractivity contribution in [3.63, 3.8) is 0 Å². The van der Waals surface area contributed by atoms with E-state index in [9.17, 15) is 5.11 Å². The molecule has 3 nitrogen and oxygen atoms in total. The van der Waals surface area contributed by atoms with Gasteiger partial charge in [-0.2, -0.15) is 0 Å². The minimum atomic E-state index is -0.294. The van der Waals surface area contributed by atoms with E-state index in [1.54, 1.807) is 0 Å². The van der Waals surface area contributed by atoms with Gasteiger partial charge in [0.05, 0.1) is 13.2 Å². The fourth-order valence-electron chi connectivity index (χ4n) is 6.45. The molecule has 3 fully saturated rings. The van der Waals surface area contributed by atoms with E-state index in [1.165, 1.54) is 36.8 Å². The molecule has 0 bridgehead atoms. The summed E-state index contributed by atoms with van der Waals surface area (Å²) in [5.74, 6) is 2.24. The van der Waals surface area contributed by atoms with Crippen LogP contribution in [0.15, 0.2) is 18.2 Å². The van der Waals surface area contributed by atoms with Gasteiger partial charge in [0.2, 0.25) is 0 Å². The third-order valence-electron chi connectivity index (χ3n) is 7.51. The number of aromatic hydroxyl groups is 1. The summed E-state index contributed by atoms with van der Waals surface area (Å²) in [6.07, 6.45) is 7.08. The molecule has 2 saturated carbocycles. The largest absolute Gasteiger partial charge is 0.508 e. The van der Waals surface area contributed by atoms with Crippen LogP contribution in [-0.4, -0.2) is 24.1 Å². The average Bonchev–Trinajstić information content (AvgIpc) is 3.14. The van der Waals surface area contributed by atoms with Crippen LogP contribution in [0.3, 0.4) is 0 Å². The van der Waals surface area contributed by atoms with Crippen molar-refractivity contribution >= 4 is 0 Å². The second-order valence-corrected chi connectivity index (χ2v) is 8.24. The molecular weight excluding hydrogens is 288 g/mol. The predicted octanol–water partition coefficient (Wildman–Crippen LogP) is 3.99. The van der Waals surface area contributed by atoms with E-state index in [2.05, 4.69) is 13.0 Å². The Morgan fingerprint density at radius 3 is 2.74 bits per heavy atom. The monoisotopic (exact) mass is 314 g/mol. The van der Waals surface area contributed by atoms with Crippen LogP contribution in [0, 0.1) is 17.3 Å². The Labute approximate surface area is 138 Å². The fraction of sp³-hybridized carbons (Fsp3) is 0.700. The second kappa shape index (κ2) is 4.73. The number of aryl methyl sites for hydroxylation is 1. The van der Waals surface area contributed by atoms with Crippen molar-refractivity contribution in [1.82, 2.24) is 0 Å². The fourth-order valence-corrected chi connectivity index (χ4v) is 6.45. The Morgan fingerprint density at radius 1 is 1.09 bits per heavy atom. The molecule has 3 heteroatoms. The molecule has 4 atom stereocenters. The highest BCUT2D eigenvalue weighted by Crippen LogP contribution is 2.66. The number of ether oxygens (including phenoxy) is 2. The lowest BCUT2D eigenvalue weighted by atomic mass is 9.55. The molecule has 124 valence electrons. The van der Waals surface area contributed by atoms with Gasteiger partial charge in [-0.1, -0.05) is 13.0 Å². The zero-order chi connectivity index (χ0) is 15.7. The average molecular weight is 314 g/mol. The topological polar surface area (TPSA) is 38.7 Å². The lowest BCUT2D eigenvalue weighted by Crippen LogP contribution is -2.51. The smallest absolute Gasteiger partial charge is 0.174 e. The first kappa shape index (κ1) is 14.3. The number of phenolic OH excluding ortho intramolecular Hbond substituents is 1. The van der Waals surface area contributed by atoms with Crippen LogP contribution in [0.2, 0.25) is 0 Å². The first-order valence-corrected chi connectivity index (χ1v) is 9.23. The molecule has 0 unspecified atom stereocenters. The summed E-state index contributed by atoms with van der Waals surface area (Å²) in [5.41, 5.74) is 3.05. The third kappa shape index (κ3) is 1.78. The summed E-state index contributed by atoms with van der Waals surface area (Å²) in [6, 6.07) is 6.03. The van der Waals surface area contributed by atoms with E-state index in [0.717, 1.165) is 32.0 Å². The van der Waals surface area contributed by atoms with Gasteiger partial charge in [-0.25, -0.2) is 0 Å². The van der Waals surface area contributed by atoms with Crippen LogP contribution < -0.4 is 0 Å². The number of benzene rings is 1. The van der Waals surface area contributed by atoms with E-state index in [1.807, 2.05) is 12.1 Å². The van der Waals surface area contributed by atoms with E-state index < -0.39 is 0 Å². The molecular formula is C20H26O3. The molecule has 23 heavy (non-hydrogen) atoms. The molecule has 1 aromatic carbocycles. The Hall–Kier alpha value is -1.06. The van der Waals surface area contributed by atoms with Gasteiger partial charge in [-0.05, 0) is 73.1 Å². The molecule has 0 radical (unpaired) electrons. The normalized spacial score (nSPS) is 40.7. The molecule has 1 aromatic rings. The number of rotatable bonds is 0. The first-order valence-electron chi connectivity index (χ1n) is 9.23. The highest BCUT2D eigenvalue weighted by Gasteiger charge is 2.64. The van der Waals surface area contributed by atoms with Crippen molar-refractivity contribution in [2.24, 2.45) is 17.3 Å². The molecule has 1 aliphatic heterocycles. The van der Waals surface area contributed by atoms with Crippen molar-refractivity contribution in [3.8, 4) is 5.75 Å². The van der Waals surface area contributed by atoms with Crippen LogP contribution in [0.4, 0.5) is 0 Å². The van der Waals surface area contributed by atoms with Gasteiger partial charge >= 0.3 is 0 Å². The minimum Gasteiger partial charge on any atom is -0.508 e. The third-order valence-corrected chi connectivity index (χ3v) is 7.51. The summed E-state index contributed by atoms with van der Waals surface area (Å²) >= 11 is 0. The van der Waals surface area contributed by atoms with Gasteiger partial charge in [-0.3, -0.25) is 0 Å². The minimum absolute atomic E-state index is 0.180. The van der Waals surface area contributed by atoms with Gasteiger partial charge in [0, 0.05) is 11.8 Å². The summed E-state index contributed by atoms with van der Waals surface area (Å²) in [5, 5.41) is 9.78. The zero-order valence-electron chi connectivity index (χ0n) is 13.9. The van der Waals surface area contributed by atoms with E-state index in [-0.39, 0.29) is 11.2 Å². The number of fused-ring (bicyclic) bond motifs is 6. The Kier molecular flexibility index (Phi) is 2.94. The van der Waals surface area contributed by atoms with Crippen LogP contribution in [0.5, 0.6) is 5.75 Å². The molecule has 0 aromatic heterocycles. The molecule has 5 rings (SSSR count). The van der Waals surface area contributed by atoms with Crippen LogP contribution in [0.1, 0.15) is 56.1 Å². The zero-order valence-corrected chi connectivity index (χ0v) is 13.9. The lowest BCUT2D eigenvalue weighted by molar-refractivity contribution is -0.237. The first-order chi connectivity index (χ1) is 11.1. The predicted molar refractivity (Wildman–Crippen MR) is 87.4 cm³/mol. The van der Waals surface area contributed by atoms with Crippen molar-refractivity contribution in [2.45, 2.75) is 57.2 Å². The maximum atomic E-state index is 9.78. The maximum Gasteiger partial charge on any atom is 0.174 e. The van der Waals surface area contributed by atoms with Crippen molar-refractivity contribution in [3.05, 3.63) is 29.3 Å². The summed E-state index contributed by atoms with van der Waals surface area (Å²) in [4.78, 5) is 0. The molecule has 4 aliphatic rings. The van der Waals surface area contributed by atoms with Crippen molar-refractivity contribution < 1.29 is 14.6 Å². The molecule has 1 spiro atoms. The summed E-state index contributed by atoms with van der Waals surface area (Å²) < 4.78 is 12.4. The van der Waals surface area contributed by atoms with E-state index in [4.69, 9.17) is 9.47 Å². The standard InChI is InChI=1S/C20H26O3/c1-19-8-6-16-15-5-3-14(21)12-13(15)2-4-17(16)18(19)7-9-20(19)22-10-11-23-20/h3,5,12,16-18,21H,2,4,6-11H2,1H3/t16-,17-,18+,19-/m0/s1. The Bertz CT molecular complexity index is 634. The molecule has 3 aliphatic carbocycles. The van der Waals surface area contributed by atoms with Gasteiger partial charge in [0.25, 0.3) is 0 Å². The maximum absolute atomic E-state index is 9.78. The molecule has 0 amide bonds. The van der Waals surface area contributed by atoms with Gasteiger partial charge in [0.15, 0.2) is 5.79 Å². The lowest BCUT2D eigenvalue weighted by Gasteiger charge is -2.52. The van der Waals surface area contributed by atoms with Gasteiger partial charge < -0.3 is 14.6 Å². The number of hydrogen-bond donors (Lipinski definition) is 1. The van der Waals surface area contributed by atoms with Crippen molar-refractivity contribution in [1.29, 1.82) is 0 Å². The quantitative estimate of drug-likeness (QED) is 0.787. The van der Waals surface area contributed by atoms with Crippen LogP contribution >= 0.6 is 0 Å². The highest BCUT2D eigenvalue weighted by atomic mass is 16.7. The number of hydrogen-bond acceptors (Lipinski definition) is 3. The summed E-state index contributed by atoms with van der Waals surface area (Å²) in [7, 11) is 0. The van der Waals surface area contributed by atoms with Gasteiger partial charge in [0.1, 0.15) is 5.75 Å². The second-order valence-electron chi connectivity index (χ2n) is 8.24. The van der Waals surface area contributed by atoms with Crippen LogP contribution in [0.25, 0.3) is 0 Å². The molecule has 1 N–H and O–H groups in total. The Morgan fingerprint density at radius 2 is 1.91 bits per heavy atom. The number of phenols is 1.